The SMILES string of the molecule is CCOC1CCCN(CC(C)(NC)C(=O)O)C1. The Labute approximate surface area is 103 Å². The van der Waals surface area contributed by atoms with Crippen molar-refractivity contribution in [1.29, 1.82) is 0 Å². The number of aliphatic carboxylic acids is 1. The predicted molar refractivity (Wildman–Crippen MR) is 66.2 cm³/mol. The number of likely N-dealkylation sites (N-methyl/N-ethyl adjacent to an activating group) is 1. The highest BCUT2D eigenvalue weighted by molar-refractivity contribution is 5.78. The molecule has 2 N–H and O–H groups in total. The number of hydrogen-bond donors (Lipinski definition) is 2. The molecule has 0 radical (unpaired) electrons. The van der Waals surface area contributed by atoms with Crippen LogP contribution in [0.2, 0.25) is 0 Å². The van der Waals surface area contributed by atoms with Gasteiger partial charge in [-0.15, -0.1) is 0 Å². The maximum Gasteiger partial charge on any atom is 0.324 e. The standard InChI is InChI=1S/C12H24N2O3/c1-4-17-10-6-5-7-14(8-10)9-12(2,13-3)11(15)16/h10,13H,4-9H2,1-3H3,(H,15,16). The van der Waals surface area contributed by atoms with E-state index in [0.717, 1.165) is 32.5 Å². The molecule has 0 amide bonds. The Hall–Kier alpha value is -0.650. The minimum atomic E-state index is -0.881. The van der Waals surface area contributed by atoms with Crippen LogP contribution in [0.25, 0.3) is 0 Å². The number of carboxylic acid groups (broad SMARTS) is 1. The molecule has 1 rings (SSSR count). The smallest absolute Gasteiger partial charge is 0.324 e. The van der Waals surface area contributed by atoms with Crippen molar-refractivity contribution in [2.75, 3.05) is 33.3 Å². The number of carboxylic acids is 1. The third kappa shape index (κ3) is 3.94. The molecule has 0 aromatic rings. The van der Waals surface area contributed by atoms with Gasteiger partial charge in [0.25, 0.3) is 0 Å². The zero-order valence-corrected chi connectivity index (χ0v) is 11.0. The molecule has 17 heavy (non-hydrogen) atoms. The first kappa shape index (κ1) is 14.4. The van der Waals surface area contributed by atoms with Crippen LogP contribution in [0, 0.1) is 0 Å². The summed E-state index contributed by atoms with van der Waals surface area (Å²) in [7, 11) is 1.69. The van der Waals surface area contributed by atoms with Crippen LogP contribution < -0.4 is 5.32 Å². The Morgan fingerprint density at radius 1 is 1.65 bits per heavy atom. The second kappa shape index (κ2) is 6.33. The van der Waals surface area contributed by atoms with Crippen molar-refractivity contribution in [3.8, 4) is 0 Å². The Morgan fingerprint density at radius 2 is 2.35 bits per heavy atom. The van der Waals surface area contributed by atoms with E-state index in [1.54, 1.807) is 14.0 Å². The summed E-state index contributed by atoms with van der Waals surface area (Å²) < 4.78 is 5.61. The average molecular weight is 244 g/mol. The van der Waals surface area contributed by atoms with Crippen LogP contribution in [0.15, 0.2) is 0 Å². The summed E-state index contributed by atoms with van der Waals surface area (Å²) in [4.78, 5) is 13.4. The summed E-state index contributed by atoms with van der Waals surface area (Å²) in [5.41, 5.74) is -0.881. The lowest BCUT2D eigenvalue weighted by Crippen LogP contribution is -2.57. The molecule has 1 aliphatic heterocycles. The number of carbonyl (C=O) groups is 1. The van der Waals surface area contributed by atoms with E-state index in [4.69, 9.17) is 4.74 Å². The van der Waals surface area contributed by atoms with E-state index in [0.29, 0.717) is 6.54 Å². The van der Waals surface area contributed by atoms with Crippen molar-refractivity contribution in [3.63, 3.8) is 0 Å². The highest BCUT2D eigenvalue weighted by Crippen LogP contribution is 2.16. The molecule has 1 heterocycles. The summed E-state index contributed by atoms with van der Waals surface area (Å²) in [6, 6.07) is 0. The second-order valence-corrected chi connectivity index (χ2v) is 4.84. The lowest BCUT2D eigenvalue weighted by molar-refractivity contribution is -0.145. The topological polar surface area (TPSA) is 61.8 Å². The van der Waals surface area contributed by atoms with Crippen molar-refractivity contribution >= 4 is 5.97 Å². The normalized spacial score (nSPS) is 25.5. The molecule has 0 bridgehead atoms. The van der Waals surface area contributed by atoms with Gasteiger partial charge in [0.05, 0.1) is 6.10 Å². The van der Waals surface area contributed by atoms with Crippen LogP contribution in [0.3, 0.4) is 0 Å². The van der Waals surface area contributed by atoms with Crippen LogP contribution >= 0.6 is 0 Å². The fourth-order valence-corrected chi connectivity index (χ4v) is 2.23. The number of hydrogen-bond acceptors (Lipinski definition) is 4. The summed E-state index contributed by atoms with van der Waals surface area (Å²) in [5.74, 6) is -0.807. The second-order valence-electron chi connectivity index (χ2n) is 4.84. The maximum atomic E-state index is 11.2. The van der Waals surface area contributed by atoms with Gasteiger partial charge in [0.15, 0.2) is 0 Å². The monoisotopic (exact) mass is 244 g/mol. The third-order valence-electron chi connectivity index (χ3n) is 3.43. The van der Waals surface area contributed by atoms with Crippen molar-refractivity contribution in [2.24, 2.45) is 0 Å². The van der Waals surface area contributed by atoms with E-state index in [1.165, 1.54) is 0 Å². The molecule has 0 saturated carbocycles. The van der Waals surface area contributed by atoms with Gasteiger partial charge in [-0.1, -0.05) is 0 Å². The Balaban J connectivity index is 2.52. The van der Waals surface area contributed by atoms with Gasteiger partial charge in [-0.25, -0.2) is 0 Å². The molecule has 0 aromatic heterocycles. The van der Waals surface area contributed by atoms with Crippen LogP contribution in [0.1, 0.15) is 26.7 Å². The van der Waals surface area contributed by atoms with Crippen LogP contribution in [-0.2, 0) is 9.53 Å². The summed E-state index contributed by atoms with van der Waals surface area (Å²) in [6.45, 7) is 6.74. The Bertz CT molecular complexity index is 258. The van der Waals surface area contributed by atoms with Crippen LogP contribution in [0.4, 0.5) is 0 Å². The third-order valence-corrected chi connectivity index (χ3v) is 3.43. The predicted octanol–water partition coefficient (Wildman–Crippen LogP) is 0.550. The molecule has 5 nitrogen and oxygen atoms in total. The first-order valence-electron chi connectivity index (χ1n) is 6.28. The molecule has 5 heteroatoms. The van der Waals surface area contributed by atoms with E-state index in [9.17, 15) is 9.90 Å². The lowest BCUT2D eigenvalue weighted by atomic mass is 9.99. The molecule has 1 aliphatic rings. The first-order valence-corrected chi connectivity index (χ1v) is 6.28. The van der Waals surface area contributed by atoms with Gasteiger partial charge >= 0.3 is 5.97 Å². The number of likely N-dealkylation sites (tertiary alicyclic amines) is 1. The fourth-order valence-electron chi connectivity index (χ4n) is 2.23. The van der Waals surface area contributed by atoms with E-state index in [1.807, 2.05) is 6.92 Å². The Kier molecular flexibility index (Phi) is 5.36. The van der Waals surface area contributed by atoms with Crippen LogP contribution in [-0.4, -0.2) is 60.9 Å². The highest BCUT2D eigenvalue weighted by atomic mass is 16.5. The Morgan fingerprint density at radius 3 is 2.88 bits per heavy atom. The number of ether oxygens (including phenoxy) is 1. The highest BCUT2D eigenvalue weighted by Gasteiger charge is 2.34. The van der Waals surface area contributed by atoms with Gasteiger partial charge in [0.1, 0.15) is 5.54 Å². The summed E-state index contributed by atoms with van der Waals surface area (Å²) in [6.07, 6.45) is 2.40. The van der Waals surface area contributed by atoms with Crippen molar-refractivity contribution in [2.45, 2.75) is 38.3 Å². The number of nitrogens with one attached hydrogen (secondary N) is 1. The van der Waals surface area contributed by atoms with Gasteiger partial charge in [-0.3, -0.25) is 9.69 Å². The average Bonchev–Trinajstić information content (AvgIpc) is 2.29. The van der Waals surface area contributed by atoms with E-state index in [-0.39, 0.29) is 6.10 Å². The molecule has 0 spiro atoms. The largest absolute Gasteiger partial charge is 0.480 e. The molecule has 0 aliphatic carbocycles. The quantitative estimate of drug-likeness (QED) is 0.714. The summed E-state index contributed by atoms with van der Waals surface area (Å²) >= 11 is 0. The maximum absolute atomic E-state index is 11.2. The lowest BCUT2D eigenvalue weighted by Gasteiger charge is -2.37. The fraction of sp³-hybridized carbons (Fsp3) is 0.917. The minimum Gasteiger partial charge on any atom is -0.480 e. The van der Waals surface area contributed by atoms with Gasteiger partial charge in [0, 0.05) is 19.7 Å². The number of nitrogens with zero attached hydrogens (tertiary/aromatic N) is 1. The first-order chi connectivity index (χ1) is 8.01. The molecule has 0 aromatic carbocycles. The van der Waals surface area contributed by atoms with E-state index >= 15 is 0 Å². The number of piperidine rings is 1. The van der Waals surface area contributed by atoms with E-state index in [2.05, 4.69) is 10.2 Å². The summed E-state index contributed by atoms with van der Waals surface area (Å²) in [5, 5.41) is 12.1. The molecule has 2 unspecified atom stereocenters. The zero-order valence-electron chi connectivity index (χ0n) is 11.0. The molecule has 1 fully saturated rings. The van der Waals surface area contributed by atoms with Gasteiger partial charge < -0.3 is 15.2 Å². The molecular weight excluding hydrogens is 220 g/mol. The molecular formula is C12H24N2O3. The van der Waals surface area contributed by atoms with Crippen LogP contribution in [0.5, 0.6) is 0 Å². The number of rotatable bonds is 6. The minimum absolute atomic E-state index is 0.253. The zero-order chi connectivity index (χ0) is 12.9. The van der Waals surface area contributed by atoms with Gasteiger partial charge in [-0.2, -0.15) is 0 Å². The van der Waals surface area contributed by atoms with Gasteiger partial charge in [0.2, 0.25) is 0 Å². The molecule has 1 saturated heterocycles. The van der Waals surface area contributed by atoms with Crippen molar-refractivity contribution in [3.05, 3.63) is 0 Å². The van der Waals surface area contributed by atoms with Gasteiger partial charge in [-0.05, 0) is 40.3 Å². The van der Waals surface area contributed by atoms with E-state index < -0.39 is 11.5 Å². The molecule has 100 valence electrons. The van der Waals surface area contributed by atoms with Crippen molar-refractivity contribution in [1.82, 2.24) is 10.2 Å². The van der Waals surface area contributed by atoms with Crippen molar-refractivity contribution < 1.29 is 14.6 Å². The molecule has 2 atom stereocenters.